The summed E-state index contributed by atoms with van der Waals surface area (Å²) in [6.45, 7) is -0.384. The van der Waals surface area contributed by atoms with Crippen LogP contribution in [0.3, 0.4) is 0 Å². The molecule has 120 valence electrons. The van der Waals surface area contributed by atoms with Crippen molar-refractivity contribution in [3.8, 4) is 5.75 Å². The van der Waals surface area contributed by atoms with E-state index in [4.69, 9.17) is 14.6 Å². The molecule has 0 spiro atoms. The van der Waals surface area contributed by atoms with Crippen LogP contribution in [0, 0.1) is 0 Å². The summed E-state index contributed by atoms with van der Waals surface area (Å²) in [6, 6.07) is 3.83. The third-order valence-corrected chi connectivity index (χ3v) is 4.76. The van der Waals surface area contributed by atoms with Crippen molar-refractivity contribution in [2.24, 2.45) is 7.05 Å². The van der Waals surface area contributed by atoms with Crippen LogP contribution in [0.15, 0.2) is 27.3 Å². The molecule has 22 heavy (non-hydrogen) atoms. The molecule has 6 nitrogen and oxygen atoms in total. The molecule has 0 unspecified atom stereocenters. The number of rotatable bonds is 3. The van der Waals surface area contributed by atoms with Gasteiger partial charge in [-0.05, 0) is 28.1 Å². The SMILES string of the molecule is Cn1cc(O[C@@H]2O[C@H](CO)[C@@H](O)[C@H]2O)c2cc(Br)cc(Br)c21. The molecule has 3 rings (SSSR count). The second kappa shape index (κ2) is 6.10. The number of aliphatic hydroxyl groups excluding tert-OH is 3. The van der Waals surface area contributed by atoms with Gasteiger partial charge in [-0.1, -0.05) is 15.9 Å². The minimum atomic E-state index is -1.22. The molecule has 8 heteroatoms. The summed E-state index contributed by atoms with van der Waals surface area (Å²) in [7, 11) is 1.88. The lowest BCUT2D eigenvalue weighted by Crippen LogP contribution is -2.35. The zero-order valence-corrected chi connectivity index (χ0v) is 14.8. The maximum absolute atomic E-state index is 9.97. The average molecular weight is 437 g/mol. The summed E-state index contributed by atoms with van der Waals surface area (Å²) in [5.74, 6) is 0.523. The van der Waals surface area contributed by atoms with Gasteiger partial charge in [-0.25, -0.2) is 0 Å². The van der Waals surface area contributed by atoms with E-state index in [0.717, 1.165) is 19.8 Å². The molecule has 3 N–H and O–H groups in total. The van der Waals surface area contributed by atoms with E-state index >= 15 is 0 Å². The van der Waals surface area contributed by atoms with E-state index < -0.39 is 24.6 Å². The fourth-order valence-corrected chi connectivity index (χ4v) is 4.11. The number of ether oxygens (including phenoxy) is 2. The van der Waals surface area contributed by atoms with Crippen LogP contribution in [0.2, 0.25) is 0 Å². The van der Waals surface area contributed by atoms with Gasteiger partial charge >= 0.3 is 0 Å². The van der Waals surface area contributed by atoms with Crippen LogP contribution in [-0.2, 0) is 11.8 Å². The van der Waals surface area contributed by atoms with Crippen molar-refractivity contribution in [1.82, 2.24) is 4.57 Å². The summed E-state index contributed by atoms with van der Waals surface area (Å²) in [4.78, 5) is 0. The third-order valence-electron chi connectivity index (χ3n) is 3.70. The molecule has 0 aliphatic carbocycles. The van der Waals surface area contributed by atoms with Gasteiger partial charge in [0.05, 0.1) is 12.1 Å². The Morgan fingerprint density at radius 3 is 2.64 bits per heavy atom. The normalized spacial score (nSPS) is 28.5. The Labute approximate surface area is 143 Å². The number of benzene rings is 1. The van der Waals surface area contributed by atoms with E-state index in [1.807, 2.05) is 23.7 Å². The minimum Gasteiger partial charge on any atom is -0.460 e. The molecular formula is C14H15Br2NO5. The highest BCUT2D eigenvalue weighted by atomic mass is 79.9. The zero-order chi connectivity index (χ0) is 16.0. The Balaban J connectivity index is 1.95. The van der Waals surface area contributed by atoms with E-state index in [9.17, 15) is 10.2 Å². The van der Waals surface area contributed by atoms with Crippen molar-refractivity contribution >= 4 is 42.8 Å². The van der Waals surface area contributed by atoms with Gasteiger partial charge in [-0.2, -0.15) is 0 Å². The monoisotopic (exact) mass is 435 g/mol. The number of aryl methyl sites for hydroxylation is 1. The molecule has 1 aromatic heterocycles. The first-order valence-corrected chi connectivity index (χ1v) is 8.24. The van der Waals surface area contributed by atoms with Crippen LogP contribution < -0.4 is 4.74 Å². The lowest BCUT2D eigenvalue weighted by atomic mass is 10.1. The van der Waals surface area contributed by atoms with Crippen molar-refractivity contribution in [2.75, 3.05) is 6.61 Å². The van der Waals surface area contributed by atoms with Gasteiger partial charge in [0.1, 0.15) is 24.1 Å². The Morgan fingerprint density at radius 1 is 1.27 bits per heavy atom. The molecule has 1 fully saturated rings. The molecule has 1 aliphatic rings. The molecule has 0 saturated carbocycles. The summed E-state index contributed by atoms with van der Waals surface area (Å²) < 4.78 is 14.7. The highest BCUT2D eigenvalue weighted by Gasteiger charge is 2.44. The van der Waals surface area contributed by atoms with Crippen LogP contribution >= 0.6 is 31.9 Å². The zero-order valence-electron chi connectivity index (χ0n) is 11.6. The van der Waals surface area contributed by atoms with E-state index in [1.54, 1.807) is 6.20 Å². The standard InChI is InChI=1S/C14H15Br2NO5/c1-17-4-9(7-2-6(15)3-8(16)11(7)17)21-14-13(20)12(19)10(5-18)22-14/h2-4,10,12-14,18-20H,5H2,1H3/t10-,12-,13-,14-/m1/s1. The molecule has 2 heterocycles. The first kappa shape index (κ1) is 16.2. The Bertz CT molecular complexity index is 704. The van der Waals surface area contributed by atoms with Gasteiger partial charge in [-0.3, -0.25) is 0 Å². The molecule has 1 aromatic carbocycles. The van der Waals surface area contributed by atoms with Crippen LogP contribution in [0.4, 0.5) is 0 Å². The molecule has 0 bridgehead atoms. The predicted octanol–water partition coefficient (Wildman–Crippen LogP) is 1.52. The highest BCUT2D eigenvalue weighted by Crippen LogP contribution is 2.37. The third kappa shape index (κ3) is 2.68. The number of fused-ring (bicyclic) bond motifs is 1. The van der Waals surface area contributed by atoms with Crippen molar-refractivity contribution < 1.29 is 24.8 Å². The Hall–Kier alpha value is -0.640. The van der Waals surface area contributed by atoms with Gasteiger partial charge in [0.2, 0.25) is 6.29 Å². The summed E-state index contributed by atoms with van der Waals surface area (Å²) in [5, 5.41) is 29.7. The maximum Gasteiger partial charge on any atom is 0.229 e. The fourth-order valence-electron chi connectivity index (χ4n) is 2.60. The number of halogens is 2. The van der Waals surface area contributed by atoms with Gasteiger partial charge in [0, 0.05) is 27.6 Å². The Morgan fingerprint density at radius 2 is 2.00 bits per heavy atom. The molecular weight excluding hydrogens is 422 g/mol. The predicted molar refractivity (Wildman–Crippen MR) is 86.7 cm³/mol. The second-order valence-corrected chi connectivity index (χ2v) is 6.98. The van der Waals surface area contributed by atoms with Crippen LogP contribution in [0.25, 0.3) is 10.9 Å². The van der Waals surface area contributed by atoms with Crippen LogP contribution in [0.5, 0.6) is 5.75 Å². The van der Waals surface area contributed by atoms with E-state index in [0.29, 0.717) is 5.75 Å². The maximum atomic E-state index is 9.97. The Kier molecular flexibility index (Phi) is 4.50. The minimum absolute atomic E-state index is 0.384. The number of hydrogen-bond acceptors (Lipinski definition) is 5. The number of hydrogen-bond donors (Lipinski definition) is 3. The van der Waals surface area contributed by atoms with Gasteiger partial charge in [0.15, 0.2) is 0 Å². The summed E-state index contributed by atoms with van der Waals surface area (Å²) in [5.41, 5.74) is 0.935. The molecule has 1 saturated heterocycles. The van der Waals surface area contributed by atoms with E-state index in [2.05, 4.69) is 31.9 Å². The van der Waals surface area contributed by atoms with E-state index in [1.165, 1.54) is 0 Å². The van der Waals surface area contributed by atoms with Gasteiger partial charge < -0.3 is 29.4 Å². The van der Waals surface area contributed by atoms with Crippen molar-refractivity contribution in [1.29, 1.82) is 0 Å². The van der Waals surface area contributed by atoms with E-state index in [-0.39, 0.29) is 6.61 Å². The smallest absolute Gasteiger partial charge is 0.229 e. The van der Waals surface area contributed by atoms with Crippen LogP contribution in [0.1, 0.15) is 0 Å². The van der Waals surface area contributed by atoms with Crippen LogP contribution in [-0.4, -0.2) is 51.1 Å². The largest absolute Gasteiger partial charge is 0.460 e. The quantitative estimate of drug-likeness (QED) is 0.679. The summed E-state index contributed by atoms with van der Waals surface area (Å²) >= 11 is 6.94. The van der Waals surface area contributed by atoms with Crippen molar-refractivity contribution in [3.05, 3.63) is 27.3 Å². The molecule has 0 radical (unpaired) electrons. The lowest BCUT2D eigenvalue weighted by Gasteiger charge is -2.16. The number of aromatic nitrogens is 1. The molecule has 1 aliphatic heterocycles. The molecule has 4 atom stereocenters. The van der Waals surface area contributed by atoms with Gasteiger partial charge in [-0.15, -0.1) is 0 Å². The first-order chi connectivity index (χ1) is 10.4. The van der Waals surface area contributed by atoms with Crippen molar-refractivity contribution in [2.45, 2.75) is 24.6 Å². The fraction of sp³-hybridized carbons (Fsp3) is 0.429. The topological polar surface area (TPSA) is 84.1 Å². The molecule has 0 amide bonds. The lowest BCUT2D eigenvalue weighted by molar-refractivity contribution is -0.115. The second-order valence-electron chi connectivity index (χ2n) is 5.21. The number of nitrogens with zero attached hydrogens (tertiary/aromatic N) is 1. The van der Waals surface area contributed by atoms with Crippen molar-refractivity contribution in [3.63, 3.8) is 0 Å². The molecule has 2 aromatic rings. The summed E-state index contributed by atoms with van der Waals surface area (Å²) in [6.07, 6.45) is -2.51. The average Bonchev–Trinajstić information content (AvgIpc) is 2.91. The first-order valence-electron chi connectivity index (χ1n) is 6.65. The van der Waals surface area contributed by atoms with Gasteiger partial charge in [0.25, 0.3) is 0 Å². The highest BCUT2D eigenvalue weighted by molar-refractivity contribution is 9.11. The number of aliphatic hydroxyl groups is 3.